The Kier molecular flexibility index (Phi) is 5.53. The summed E-state index contributed by atoms with van der Waals surface area (Å²) in [5.74, 6) is -1.74. The van der Waals surface area contributed by atoms with Crippen molar-refractivity contribution >= 4 is 45.3 Å². The van der Waals surface area contributed by atoms with Gasteiger partial charge in [0.2, 0.25) is 0 Å². The third-order valence-corrected chi connectivity index (χ3v) is 3.43. The maximum absolute atomic E-state index is 11.7. The molecule has 1 aromatic carbocycles. The number of carbonyl (C=O) groups excluding carboxylic acids is 3. The van der Waals surface area contributed by atoms with E-state index in [1.54, 1.807) is 0 Å². The summed E-state index contributed by atoms with van der Waals surface area (Å²) >= 11 is 5.68. The van der Waals surface area contributed by atoms with E-state index in [1.165, 1.54) is 0 Å². The van der Waals surface area contributed by atoms with Crippen LogP contribution in [-0.4, -0.2) is 30.8 Å². The Morgan fingerprint density at radius 2 is 1.81 bits per heavy atom. The summed E-state index contributed by atoms with van der Waals surface area (Å²) in [6.07, 6.45) is -0.612. The second kappa shape index (κ2) is 6.42. The minimum atomic E-state index is -4.56. The Labute approximate surface area is 146 Å². The quantitative estimate of drug-likeness (QED) is 0.391. The molecule has 2 rings (SSSR count). The standard InChI is InChI=1S/C10H7ClN2O6S.Na/c11-5-1-6(3-7(2-5)20(17,18)19)13-9(15)4-8(14)12-10(13)16;/h1-3H,4H2,(H2,12,14,16,17,18,19);/q;+1/p-1. The van der Waals surface area contributed by atoms with Gasteiger partial charge in [0.05, 0.1) is 11.3 Å². The van der Waals surface area contributed by atoms with E-state index in [-0.39, 0.29) is 40.3 Å². The molecule has 1 saturated heterocycles. The van der Waals surface area contributed by atoms with Gasteiger partial charge in [0.25, 0.3) is 10.1 Å². The first-order valence-corrected chi connectivity index (χ1v) is 6.90. The number of benzene rings is 1. The van der Waals surface area contributed by atoms with Crippen LogP contribution in [0.2, 0.25) is 5.02 Å². The number of anilines is 1. The molecule has 1 aliphatic rings. The molecule has 1 fully saturated rings. The largest absolute Gasteiger partial charge is 1.00 e. The molecule has 0 aliphatic carbocycles. The number of barbiturate groups is 1. The van der Waals surface area contributed by atoms with Crippen LogP contribution in [0.1, 0.15) is 6.42 Å². The van der Waals surface area contributed by atoms with E-state index < -0.39 is 39.3 Å². The van der Waals surface area contributed by atoms with E-state index in [2.05, 4.69) is 5.32 Å². The van der Waals surface area contributed by atoms with Crippen LogP contribution < -0.4 is 34.5 Å². The van der Waals surface area contributed by atoms with Crippen LogP contribution in [0.3, 0.4) is 0 Å². The van der Waals surface area contributed by atoms with Crippen molar-refractivity contribution < 1.29 is 56.9 Å². The van der Waals surface area contributed by atoms with Crippen molar-refractivity contribution in [3.8, 4) is 0 Å². The average molecular weight is 341 g/mol. The average Bonchev–Trinajstić information content (AvgIpc) is 2.25. The number of halogens is 1. The molecule has 0 aromatic heterocycles. The van der Waals surface area contributed by atoms with E-state index in [0.29, 0.717) is 4.90 Å². The zero-order valence-corrected chi connectivity index (χ0v) is 14.2. The van der Waals surface area contributed by atoms with Crippen LogP contribution in [0, 0.1) is 0 Å². The molecule has 1 aliphatic heterocycles. The molecule has 0 atom stereocenters. The molecule has 1 aromatic rings. The molecule has 0 saturated carbocycles. The van der Waals surface area contributed by atoms with Crippen LogP contribution in [0.5, 0.6) is 0 Å². The van der Waals surface area contributed by atoms with Gasteiger partial charge in [-0.25, -0.2) is 0 Å². The number of nitrogens with zero attached hydrogens (tertiary/aromatic N) is 2. The summed E-state index contributed by atoms with van der Waals surface area (Å²) in [5, 5.41) is 2.97. The Morgan fingerprint density at radius 1 is 1.19 bits per heavy atom. The van der Waals surface area contributed by atoms with Gasteiger partial charge in [0, 0.05) is 5.02 Å². The van der Waals surface area contributed by atoms with Crippen molar-refractivity contribution in [1.82, 2.24) is 0 Å². The van der Waals surface area contributed by atoms with Crippen LogP contribution in [0.15, 0.2) is 23.1 Å². The summed E-state index contributed by atoms with van der Waals surface area (Å²) in [7, 11) is -4.56. The molecule has 21 heavy (non-hydrogen) atoms. The molecule has 0 bridgehead atoms. The van der Waals surface area contributed by atoms with Gasteiger partial charge in [0.1, 0.15) is 0 Å². The molecular weight excluding hydrogens is 335 g/mol. The van der Waals surface area contributed by atoms with Crippen LogP contribution in [0.25, 0.3) is 5.32 Å². The summed E-state index contributed by atoms with van der Waals surface area (Å²) in [6, 6.07) is 1.82. The molecule has 0 unspecified atom stereocenters. The predicted molar refractivity (Wildman–Crippen MR) is 67.1 cm³/mol. The topological polar surface area (TPSA) is 123 Å². The van der Waals surface area contributed by atoms with Gasteiger partial charge in [-0.1, -0.05) is 11.6 Å². The molecule has 4 amide bonds. The van der Waals surface area contributed by atoms with Crippen molar-refractivity contribution in [3.05, 3.63) is 28.5 Å². The fraction of sp³-hybridized carbons (Fsp3) is 0.100. The molecule has 1 N–H and O–H groups in total. The zero-order chi connectivity index (χ0) is 15.1. The SMILES string of the molecule is O=C1CC(=O)N(c2cc(Cl)cc(S(=O)(=O)O)c2)C(=O)[N-]1.[Na+]. The number of rotatable bonds is 2. The Balaban J connectivity index is 0.00000220. The van der Waals surface area contributed by atoms with Crippen molar-refractivity contribution in [2.45, 2.75) is 11.3 Å². The van der Waals surface area contributed by atoms with Crippen molar-refractivity contribution in [2.24, 2.45) is 0 Å². The van der Waals surface area contributed by atoms with E-state index in [4.69, 9.17) is 16.2 Å². The predicted octanol–water partition coefficient (Wildman–Crippen LogP) is -1.65. The summed E-state index contributed by atoms with van der Waals surface area (Å²) in [5.41, 5.74) is -0.198. The Hall–Kier alpha value is -0.970. The third kappa shape index (κ3) is 4.02. The number of amides is 4. The van der Waals surface area contributed by atoms with Gasteiger partial charge in [-0.2, -0.15) is 8.42 Å². The van der Waals surface area contributed by atoms with Gasteiger partial charge in [-0.05, 0) is 23.9 Å². The van der Waals surface area contributed by atoms with Gasteiger partial charge in [-0.15, -0.1) is 0 Å². The second-order valence-corrected chi connectivity index (χ2v) is 5.67. The monoisotopic (exact) mass is 340 g/mol. The molecule has 0 spiro atoms. The van der Waals surface area contributed by atoms with E-state index in [0.717, 1.165) is 18.2 Å². The molecular formula is C10H6ClN2NaO6S. The minimum absolute atomic E-state index is 0. The fourth-order valence-electron chi connectivity index (χ4n) is 1.59. The summed E-state index contributed by atoms with van der Waals surface area (Å²) in [6.45, 7) is 0. The van der Waals surface area contributed by atoms with E-state index in [9.17, 15) is 22.8 Å². The minimum Gasteiger partial charge on any atom is -0.368 e. The van der Waals surface area contributed by atoms with Gasteiger partial charge in [-0.3, -0.25) is 18.9 Å². The van der Waals surface area contributed by atoms with Gasteiger partial charge < -0.3 is 10.2 Å². The van der Waals surface area contributed by atoms with E-state index >= 15 is 0 Å². The van der Waals surface area contributed by atoms with Gasteiger partial charge >= 0.3 is 29.6 Å². The third-order valence-electron chi connectivity index (χ3n) is 2.38. The number of hydrogen-bond donors (Lipinski definition) is 1. The molecule has 0 radical (unpaired) electrons. The number of hydrogen-bond acceptors (Lipinski definition) is 5. The number of imide groups is 2. The summed E-state index contributed by atoms with van der Waals surface area (Å²) in [4.78, 5) is 34.1. The smallest absolute Gasteiger partial charge is 0.368 e. The van der Waals surface area contributed by atoms with Crippen molar-refractivity contribution in [3.63, 3.8) is 0 Å². The van der Waals surface area contributed by atoms with Crippen LogP contribution >= 0.6 is 11.6 Å². The maximum Gasteiger partial charge on any atom is 1.00 e. The van der Waals surface area contributed by atoms with Crippen LogP contribution in [0.4, 0.5) is 10.5 Å². The van der Waals surface area contributed by atoms with Crippen molar-refractivity contribution in [2.75, 3.05) is 4.90 Å². The fourth-order valence-corrected chi connectivity index (χ4v) is 2.43. The zero-order valence-electron chi connectivity index (χ0n) is 10.6. The second-order valence-electron chi connectivity index (χ2n) is 3.81. The van der Waals surface area contributed by atoms with Crippen LogP contribution in [-0.2, 0) is 19.7 Å². The van der Waals surface area contributed by atoms with Crippen molar-refractivity contribution in [1.29, 1.82) is 0 Å². The molecule has 8 nitrogen and oxygen atoms in total. The van der Waals surface area contributed by atoms with E-state index in [1.807, 2.05) is 0 Å². The maximum atomic E-state index is 11.7. The van der Waals surface area contributed by atoms with Gasteiger partial charge in [0.15, 0.2) is 17.8 Å². The number of urea groups is 1. The molecule has 106 valence electrons. The first kappa shape index (κ1) is 18.1. The molecule has 11 heteroatoms. The first-order chi connectivity index (χ1) is 9.18. The molecule has 1 heterocycles. The Morgan fingerprint density at radius 3 is 2.33 bits per heavy atom. The number of carbonyl (C=O) groups is 3. The summed E-state index contributed by atoms with van der Waals surface area (Å²) < 4.78 is 31.1. The first-order valence-electron chi connectivity index (χ1n) is 5.08. The normalized spacial score (nSPS) is 15.5. The Bertz CT molecular complexity index is 715.